The molecule has 0 aromatic carbocycles. The zero-order chi connectivity index (χ0) is 15.8. The van der Waals surface area contributed by atoms with E-state index in [1.165, 1.54) is 6.42 Å². The van der Waals surface area contributed by atoms with Crippen molar-refractivity contribution >= 4 is 5.97 Å². The Hall–Kier alpha value is -1.29. The van der Waals surface area contributed by atoms with Crippen LogP contribution in [-0.2, 0) is 6.54 Å². The van der Waals surface area contributed by atoms with Crippen molar-refractivity contribution in [1.29, 1.82) is 0 Å². The average molecular weight is 293 g/mol. The number of aryl methyl sites for hydroxylation is 1. The molecular weight excluding hydrogens is 266 g/mol. The predicted octanol–water partition coefficient (Wildman–Crippen LogP) is 3.98. The molecule has 21 heavy (non-hydrogen) atoms. The lowest BCUT2D eigenvalue weighted by Gasteiger charge is -2.45. The molecule has 1 aliphatic rings. The number of hydrogen-bond donors (Lipinski definition) is 2. The highest BCUT2D eigenvalue weighted by molar-refractivity contribution is 5.86. The first-order valence-electron chi connectivity index (χ1n) is 7.64. The van der Waals surface area contributed by atoms with Gasteiger partial charge in [0.05, 0.1) is 6.54 Å². The molecular formula is C17H27NO3. The van der Waals surface area contributed by atoms with Gasteiger partial charge in [0.25, 0.3) is 0 Å². The van der Waals surface area contributed by atoms with Crippen molar-refractivity contribution < 1.29 is 14.3 Å². The Kier molecular flexibility index (Phi) is 4.20. The van der Waals surface area contributed by atoms with E-state index in [0.717, 1.165) is 12.8 Å². The van der Waals surface area contributed by atoms with Crippen LogP contribution in [0.25, 0.3) is 0 Å². The summed E-state index contributed by atoms with van der Waals surface area (Å²) in [5.41, 5.74) is 1.36. The Morgan fingerprint density at radius 3 is 2.38 bits per heavy atom. The van der Waals surface area contributed by atoms with Gasteiger partial charge in [-0.15, -0.1) is 0 Å². The van der Waals surface area contributed by atoms with Gasteiger partial charge in [-0.3, -0.25) is 0 Å². The molecule has 0 unspecified atom stereocenters. The van der Waals surface area contributed by atoms with E-state index >= 15 is 0 Å². The zero-order valence-corrected chi connectivity index (χ0v) is 13.7. The van der Waals surface area contributed by atoms with E-state index in [1.54, 1.807) is 6.92 Å². The van der Waals surface area contributed by atoms with E-state index in [1.807, 2.05) is 6.07 Å². The summed E-state index contributed by atoms with van der Waals surface area (Å²) in [7, 11) is 0. The summed E-state index contributed by atoms with van der Waals surface area (Å²) < 4.78 is 5.41. The first-order chi connectivity index (χ1) is 9.58. The van der Waals surface area contributed by atoms with Crippen molar-refractivity contribution in [2.45, 2.75) is 66.5 Å². The lowest BCUT2D eigenvalue weighted by molar-refractivity contribution is 0.0658. The molecule has 0 amide bonds. The van der Waals surface area contributed by atoms with Gasteiger partial charge in [0, 0.05) is 11.6 Å². The Morgan fingerprint density at radius 2 is 1.90 bits per heavy atom. The fraction of sp³-hybridized carbons (Fsp3) is 0.706. The molecule has 0 saturated heterocycles. The largest absolute Gasteiger partial charge is 0.475 e. The highest BCUT2D eigenvalue weighted by Gasteiger charge is 2.38. The Morgan fingerprint density at radius 1 is 1.33 bits per heavy atom. The molecule has 0 bridgehead atoms. The Labute approximate surface area is 126 Å². The lowest BCUT2D eigenvalue weighted by atomic mass is 9.63. The molecule has 118 valence electrons. The maximum absolute atomic E-state index is 11.0. The number of nitrogens with one attached hydrogen (secondary N) is 1. The van der Waals surface area contributed by atoms with Crippen LogP contribution in [0.1, 0.15) is 68.8 Å². The minimum absolute atomic E-state index is 0.0519. The van der Waals surface area contributed by atoms with Gasteiger partial charge in [0.1, 0.15) is 5.76 Å². The van der Waals surface area contributed by atoms with Crippen molar-refractivity contribution in [2.75, 3.05) is 0 Å². The molecule has 2 rings (SSSR count). The standard InChI is InChI=1S/C17H27NO3/c1-11-6-13(21-14(11)15(19)20)9-18-12-7-16(2,3)10-17(4,5)8-12/h6,12,18H,7-10H2,1-5H3,(H,19,20). The number of rotatable bonds is 4. The fourth-order valence-corrected chi connectivity index (χ4v) is 4.08. The number of carbonyl (C=O) groups is 1. The summed E-state index contributed by atoms with van der Waals surface area (Å²) in [6, 6.07) is 2.26. The molecule has 0 spiro atoms. The molecule has 1 saturated carbocycles. The third kappa shape index (κ3) is 4.10. The van der Waals surface area contributed by atoms with Crippen molar-refractivity contribution in [3.63, 3.8) is 0 Å². The summed E-state index contributed by atoms with van der Waals surface area (Å²) >= 11 is 0. The number of carboxylic acid groups (broad SMARTS) is 1. The van der Waals surface area contributed by atoms with Gasteiger partial charge in [-0.05, 0) is 43.1 Å². The number of aromatic carboxylic acids is 1. The van der Waals surface area contributed by atoms with Crippen LogP contribution in [0.15, 0.2) is 10.5 Å². The van der Waals surface area contributed by atoms with Gasteiger partial charge in [0.15, 0.2) is 0 Å². The molecule has 0 atom stereocenters. The highest BCUT2D eigenvalue weighted by Crippen LogP contribution is 2.45. The summed E-state index contributed by atoms with van der Waals surface area (Å²) in [5, 5.41) is 12.6. The van der Waals surface area contributed by atoms with Crippen LogP contribution < -0.4 is 5.32 Å². The van der Waals surface area contributed by atoms with E-state index in [2.05, 4.69) is 33.0 Å². The number of furan rings is 1. The Bertz CT molecular complexity index is 512. The molecule has 2 N–H and O–H groups in total. The van der Waals surface area contributed by atoms with Crippen molar-refractivity contribution in [2.24, 2.45) is 10.8 Å². The first-order valence-corrected chi connectivity index (χ1v) is 7.64. The number of carboxylic acids is 1. The molecule has 1 heterocycles. The SMILES string of the molecule is Cc1cc(CNC2CC(C)(C)CC(C)(C)C2)oc1C(=O)O. The molecule has 1 aliphatic carbocycles. The molecule has 0 aliphatic heterocycles. The Balaban J connectivity index is 1.99. The smallest absolute Gasteiger partial charge is 0.372 e. The van der Waals surface area contributed by atoms with Crippen LogP contribution in [0.4, 0.5) is 0 Å². The van der Waals surface area contributed by atoms with Gasteiger partial charge < -0.3 is 14.8 Å². The van der Waals surface area contributed by atoms with E-state index in [9.17, 15) is 4.79 Å². The van der Waals surface area contributed by atoms with Crippen LogP contribution in [0.2, 0.25) is 0 Å². The lowest BCUT2D eigenvalue weighted by Crippen LogP contribution is -2.43. The van der Waals surface area contributed by atoms with Crippen molar-refractivity contribution in [3.05, 3.63) is 23.2 Å². The van der Waals surface area contributed by atoms with Crippen LogP contribution in [0, 0.1) is 17.8 Å². The maximum Gasteiger partial charge on any atom is 0.372 e. The van der Waals surface area contributed by atoms with Crippen LogP contribution in [0.3, 0.4) is 0 Å². The molecule has 1 aromatic rings. The van der Waals surface area contributed by atoms with Crippen LogP contribution >= 0.6 is 0 Å². The average Bonchev–Trinajstić information content (AvgIpc) is 2.64. The number of hydrogen-bond acceptors (Lipinski definition) is 3. The maximum atomic E-state index is 11.0. The topological polar surface area (TPSA) is 62.5 Å². The summed E-state index contributed by atoms with van der Waals surface area (Å²) in [6.45, 7) is 11.6. The third-order valence-electron chi connectivity index (χ3n) is 4.28. The monoisotopic (exact) mass is 293 g/mol. The molecule has 1 aromatic heterocycles. The molecule has 1 fully saturated rings. The first kappa shape index (κ1) is 16.1. The van der Waals surface area contributed by atoms with Gasteiger partial charge in [0.2, 0.25) is 5.76 Å². The second kappa shape index (κ2) is 5.48. The summed E-state index contributed by atoms with van der Waals surface area (Å²) in [5.74, 6) is -0.249. The van der Waals surface area contributed by atoms with Gasteiger partial charge >= 0.3 is 5.97 Å². The summed E-state index contributed by atoms with van der Waals surface area (Å²) in [4.78, 5) is 11.0. The van der Waals surface area contributed by atoms with Gasteiger partial charge in [-0.25, -0.2) is 4.79 Å². The summed E-state index contributed by atoms with van der Waals surface area (Å²) in [6.07, 6.45) is 3.52. The highest BCUT2D eigenvalue weighted by atomic mass is 16.4. The van der Waals surface area contributed by atoms with Crippen LogP contribution in [-0.4, -0.2) is 17.1 Å². The van der Waals surface area contributed by atoms with E-state index in [4.69, 9.17) is 9.52 Å². The minimum atomic E-state index is -1.00. The minimum Gasteiger partial charge on any atom is -0.475 e. The normalized spacial score (nSPS) is 21.4. The van der Waals surface area contributed by atoms with Crippen LogP contribution in [0.5, 0.6) is 0 Å². The second-order valence-corrected chi connectivity index (χ2v) is 8.02. The van der Waals surface area contributed by atoms with E-state index < -0.39 is 5.97 Å². The fourth-order valence-electron chi connectivity index (χ4n) is 4.08. The van der Waals surface area contributed by atoms with Gasteiger partial charge in [-0.1, -0.05) is 27.7 Å². The molecule has 4 heteroatoms. The zero-order valence-electron chi connectivity index (χ0n) is 13.7. The van der Waals surface area contributed by atoms with E-state index in [-0.39, 0.29) is 5.76 Å². The van der Waals surface area contributed by atoms with Crippen molar-refractivity contribution in [3.8, 4) is 0 Å². The second-order valence-electron chi connectivity index (χ2n) is 8.02. The van der Waals surface area contributed by atoms with E-state index in [0.29, 0.717) is 34.7 Å². The molecule has 0 radical (unpaired) electrons. The third-order valence-corrected chi connectivity index (χ3v) is 4.28. The van der Waals surface area contributed by atoms with Gasteiger partial charge in [-0.2, -0.15) is 0 Å². The quantitative estimate of drug-likeness (QED) is 0.881. The predicted molar refractivity (Wildman–Crippen MR) is 82.4 cm³/mol. The van der Waals surface area contributed by atoms with Crippen molar-refractivity contribution in [1.82, 2.24) is 5.32 Å². The molecule has 4 nitrogen and oxygen atoms in total.